The van der Waals surface area contributed by atoms with Gasteiger partial charge in [-0.05, 0) is 13.8 Å². The van der Waals surface area contributed by atoms with Crippen LogP contribution in [0.3, 0.4) is 0 Å². The molecule has 0 saturated heterocycles. The van der Waals surface area contributed by atoms with Gasteiger partial charge in [0.1, 0.15) is 5.69 Å². The molecule has 1 aromatic rings. The van der Waals surface area contributed by atoms with Gasteiger partial charge < -0.3 is 4.74 Å². The van der Waals surface area contributed by atoms with Crippen LogP contribution in [0.2, 0.25) is 0 Å². The second-order valence-electron chi connectivity index (χ2n) is 2.64. The van der Waals surface area contributed by atoms with Crippen molar-refractivity contribution in [2.24, 2.45) is 0 Å². The van der Waals surface area contributed by atoms with Gasteiger partial charge in [-0.2, -0.15) is 5.10 Å². The normalized spacial score (nSPS) is 12.9. The molecular weight excluding hydrogens is 156 g/mol. The Balaban J connectivity index is 3.01. The number of hydrogen-bond acceptors (Lipinski definition) is 3. The number of ether oxygens (including phenoxy) is 1. The fourth-order valence-corrected chi connectivity index (χ4v) is 1.05. The lowest BCUT2D eigenvalue weighted by atomic mass is 10.1. The molecule has 0 radical (unpaired) electrons. The summed E-state index contributed by atoms with van der Waals surface area (Å²) >= 11 is 0. The predicted octanol–water partition coefficient (Wildman–Crippen LogP) is 1.24. The van der Waals surface area contributed by atoms with Gasteiger partial charge in [0.15, 0.2) is 6.29 Å². The quantitative estimate of drug-likeness (QED) is 0.691. The first-order valence-corrected chi connectivity index (χ1v) is 3.73. The summed E-state index contributed by atoms with van der Waals surface area (Å²) in [5, 5.41) is 6.60. The third-order valence-corrected chi connectivity index (χ3v) is 1.96. The highest BCUT2D eigenvalue weighted by molar-refractivity contribution is 5.74. The molecule has 66 valence electrons. The molecule has 12 heavy (non-hydrogen) atoms. The third kappa shape index (κ3) is 1.38. The Morgan fingerprint density at radius 1 is 1.67 bits per heavy atom. The van der Waals surface area contributed by atoms with Gasteiger partial charge >= 0.3 is 0 Å². The van der Waals surface area contributed by atoms with Crippen LogP contribution in [0, 0.1) is 6.92 Å². The maximum Gasteiger partial charge on any atom is 0.170 e. The van der Waals surface area contributed by atoms with Gasteiger partial charge in [-0.3, -0.25) is 9.89 Å². The molecule has 4 nitrogen and oxygen atoms in total. The molecule has 4 heteroatoms. The van der Waals surface area contributed by atoms with E-state index in [1.54, 1.807) is 7.11 Å². The summed E-state index contributed by atoms with van der Waals surface area (Å²) in [6, 6.07) is 0. The standard InChI is InChI=1S/C8H12N2O2/c1-5-7(4-11)9-10-8(5)6(2)12-3/h4,6H,1-3H3,(H,9,10). The highest BCUT2D eigenvalue weighted by atomic mass is 16.5. The van der Waals surface area contributed by atoms with Crippen LogP contribution < -0.4 is 0 Å². The molecule has 1 atom stereocenters. The topological polar surface area (TPSA) is 55.0 Å². The van der Waals surface area contributed by atoms with E-state index in [0.717, 1.165) is 17.5 Å². The highest BCUT2D eigenvalue weighted by Gasteiger charge is 2.13. The lowest BCUT2D eigenvalue weighted by Gasteiger charge is -2.06. The summed E-state index contributed by atoms with van der Waals surface area (Å²) in [5.41, 5.74) is 2.17. The number of carbonyl (C=O) groups is 1. The first-order valence-electron chi connectivity index (χ1n) is 3.73. The number of nitrogens with zero attached hydrogens (tertiary/aromatic N) is 1. The van der Waals surface area contributed by atoms with Gasteiger partial charge in [0, 0.05) is 12.7 Å². The van der Waals surface area contributed by atoms with Gasteiger partial charge in [0.25, 0.3) is 0 Å². The van der Waals surface area contributed by atoms with E-state index in [1.807, 2.05) is 13.8 Å². The average Bonchev–Trinajstić information content (AvgIpc) is 2.45. The van der Waals surface area contributed by atoms with E-state index in [0.29, 0.717) is 5.69 Å². The number of methoxy groups -OCH3 is 1. The van der Waals surface area contributed by atoms with Crippen LogP contribution in [0.5, 0.6) is 0 Å². The summed E-state index contributed by atoms with van der Waals surface area (Å²) in [6.45, 7) is 3.74. The minimum absolute atomic E-state index is 0.0498. The van der Waals surface area contributed by atoms with Crippen LogP contribution in [-0.4, -0.2) is 23.6 Å². The summed E-state index contributed by atoms with van der Waals surface area (Å²) < 4.78 is 5.09. The fraction of sp³-hybridized carbons (Fsp3) is 0.500. The van der Waals surface area contributed by atoms with Crippen LogP contribution in [0.4, 0.5) is 0 Å². The Labute approximate surface area is 70.9 Å². The minimum atomic E-state index is -0.0498. The summed E-state index contributed by atoms with van der Waals surface area (Å²) in [7, 11) is 1.62. The molecule has 0 fully saturated rings. The molecule has 0 saturated carbocycles. The molecule has 0 amide bonds. The Morgan fingerprint density at radius 2 is 2.33 bits per heavy atom. The zero-order chi connectivity index (χ0) is 9.14. The second-order valence-corrected chi connectivity index (χ2v) is 2.64. The van der Waals surface area contributed by atoms with Crippen molar-refractivity contribution in [1.29, 1.82) is 0 Å². The van der Waals surface area contributed by atoms with Crippen molar-refractivity contribution < 1.29 is 9.53 Å². The molecule has 0 aliphatic heterocycles. The van der Waals surface area contributed by atoms with E-state index in [9.17, 15) is 4.79 Å². The van der Waals surface area contributed by atoms with E-state index in [1.165, 1.54) is 0 Å². The Morgan fingerprint density at radius 3 is 2.75 bits per heavy atom. The molecule has 0 aliphatic rings. The molecular formula is C8H12N2O2. The number of nitrogens with one attached hydrogen (secondary N) is 1. The largest absolute Gasteiger partial charge is 0.375 e. The Bertz CT molecular complexity index is 281. The van der Waals surface area contributed by atoms with Crippen molar-refractivity contribution >= 4 is 6.29 Å². The first kappa shape index (κ1) is 8.93. The second kappa shape index (κ2) is 3.49. The lowest BCUT2D eigenvalue weighted by molar-refractivity contribution is 0.111. The van der Waals surface area contributed by atoms with E-state index >= 15 is 0 Å². The number of aromatic amines is 1. The number of aromatic nitrogens is 2. The van der Waals surface area contributed by atoms with Crippen LogP contribution in [0.1, 0.15) is 34.8 Å². The van der Waals surface area contributed by atoms with Crippen LogP contribution in [-0.2, 0) is 4.74 Å². The van der Waals surface area contributed by atoms with E-state index in [4.69, 9.17) is 4.74 Å². The van der Waals surface area contributed by atoms with Gasteiger partial charge in [0.2, 0.25) is 0 Å². The van der Waals surface area contributed by atoms with Crippen molar-refractivity contribution in [1.82, 2.24) is 10.2 Å². The molecule has 0 aromatic carbocycles. The number of hydrogen-bond donors (Lipinski definition) is 1. The van der Waals surface area contributed by atoms with Crippen molar-refractivity contribution in [3.8, 4) is 0 Å². The number of rotatable bonds is 3. The molecule has 0 bridgehead atoms. The molecule has 0 spiro atoms. The van der Waals surface area contributed by atoms with Crippen LogP contribution >= 0.6 is 0 Å². The minimum Gasteiger partial charge on any atom is -0.375 e. The Kier molecular flexibility index (Phi) is 2.60. The summed E-state index contributed by atoms with van der Waals surface area (Å²) in [6.07, 6.45) is 0.684. The predicted molar refractivity (Wildman–Crippen MR) is 44.1 cm³/mol. The monoisotopic (exact) mass is 168 g/mol. The molecule has 1 unspecified atom stereocenters. The fourth-order valence-electron chi connectivity index (χ4n) is 1.05. The zero-order valence-electron chi connectivity index (χ0n) is 7.42. The zero-order valence-corrected chi connectivity index (χ0v) is 7.42. The number of carbonyl (C=O) groups excluding carboxylic acids is 1. The van der Waals surface area contributed by atoms with E-state index in [2.05, 4.69) is 10.2 Å². The molecule has 1 rings (SSSR count). The smallest absolute Gasteiger partial charge is 0.170 e. The molecule has 1 aromatic heterocycles. The lowest BCUT2D eigenvalue weighted by Crippen LogP contribution is -1.98. The molecule has 1 heterocycles. The summed E-state index contributed by atoms with van der Waals surface area (Å²) in [5.74, 6) is 0. The summed E-state index contributed by atoms with van der Waals surface area (Å²) in [4.78, 5) is 10.4. The Hall–Kier alpha value is -1.16. The van der Waals surface area contributed by atoms with Gasteiger partial charge in [-0.25, -0.2) is 0 Å². The van der Waals surface area contributed by atoms with Crippen molar-refractivity contribution in [3.63, 3.8) is 0 Å². The van der Waals surface area contributed by atoms with Gasteiger partial charge in [-0.15, -0.1) is 0 Å². The maximum atomic E-state index is 10.4. The van der Waals surface area contributed by atoms with Crippen molar-refractivity contribution in [3.05, 3.63) is 17.0 Å². The first-order chi connectivity index (χ1) is 5.70. The number of aldehydes is 1. The number of H-pyrrole nitrogens is 1. The van der Waals surface area contributed by atoms with E-state index in [-0.39, 0.29) is 6.10 Å². The average molecular weight is 168 g/mol. The van der Waals surface area contributed by atoms with E-state index < -0.39 is 0 Å². The maximum absolute atomic E-state index is 10.4. The van der Waals surface area contributed by atoms with Crippen LogP contribution in [0.15, 0.2) is 0 Å². The molecule has 0 aliphatic carbocycles. The van der Waals surface area contributed by atoms with Crippen molar-refractivity contribution in [2.75, 3.05) is 7.11 Å². The van der Waals surface area contributed by atoms with Gasteiger partial charge in [0.05, 0.1) is 11.8 Å². The van der Waals surface area contributed by atoms with Crippen LogP contribution in [0.25, 0.3) is 0 Å². The van der Waals surface area contributed by atoms with Gasteiger partial charge in [-0.1, -0.05) is 0 Å². The molecule has 1 N–H and O–H groups in total. The van der Waals surface area contributed by atoms with Crippen molar-refractivity contribution in [2.45, 2.75) is 20.0 Å². The third-order valence-electron chi connectivity index (χ3n) is 1.96. The highest BCUT2D eigenvalue weighted by Crippen LogP contribution is 2.18. The SMILES string of the molecule is COC(C)c1[nH]nc(C=O)c1C.